The topological polar surface area (TPSA) is 199 Å². The molecule has 0 radical (unpaired) electrons. The zero-order valence-corrected chi connectivity index (χ0v) is 22.0. The van der Waals surface area contributed by atoms with E-state index < -0.39 is 0 Å². The van der Waals surface area contributed by atoms with Crippen LogP contribution in [-0.2, 0) is 0 Å². The highest BCUT2D eigenvalue weighted by Gasteiger charge is 2.22. The van der Waals surface area contributed by atoms with Crippen LogP contribution in [0.1, 0.15) is 50.4 Å². The van der Waals surface area contributed by atoms with E-state index in [1.807, 2.05) is 0 Å². The van der Waals surface area contributed by atoms with Gasteiger partial charge in [0.15, 0.2) is 11.9 Å². The average Bonchev–Trinajstić information content (AvgIpc) is 3.63. The molecule has 0 aliphatic heterocycles. The number of hydrogen-bond donors (Lipinski definition) is 8. The van der Waals surface area contributed by atoms with Gasteiger partial charge in [-0.3, -0.25) is 9.59 Å². The van der Waals surface area contributed by atoms with Crippen molar-refractivity contribution >= 4 is 61.6 Å². The zero-order chi connectivity index (χ0) is 25.7. The Morgan fingerprint density at radius 3 is 2.25 bits per heavy atom. The molecule has 14 heteroatoms. The molecule has 0 aliphatic carbocycles. The molecule has 188 valence electrons. The van der Waals surface area contributed by atoms with E-state index in [9.17, 15) is 9.59 Å². The molecular formula is C22H24Br2N10O2. The third-order valence-electron chi connectivity index (χ3n) is 5.28. The number of nitrogens with one attached hydrogen (secondary N) is 6. The Kier molecular flexibility index (Phi) is 7.95. The minimum Gasteiger partial charge on any atom is -0.369 e. The van der Waals surface area contributed by atoms with Crippen molar-refractivity contribution in [3.8, 4) is 0 Å². The molecule has 0 spiro atoms. The largest absolute Gasteiger partial charge is 0.369 e. The van der Waals surface area contributed by atoms with Gasteiger partial charge in [-0.05, 0) is 56.5 Å². The van der Waals surface area contributed by atoms with Gasteiger partial charge in [-0.25, -0.2) is 9.97 Å². The van der Waals surface area contributed by atoms with Crippen LogP contribution in [0.5, 0.6) is 0 Å². The summed E-state index contributed by atoms with van der Waals surface area (Å²) in [5, 5.41) is 5.71. The van der Waals surface area contributed by atoms with E-state index in [1.54, 1.807) is 42.9 Å². The van der Waals surface area contributed by atoms with Gasteiger partial charge in [0.25, 0.3) is 11.8 Å². The Labute approximate surface area is 222 Å². The molecular weight excluding hydrogens is 596 g/mol. The van der Waals surface area contributed by atoms with E-state index in [0.29, 0.717) is 30.0 Å². The van der Waals surface area contributed by atoms with Crippen molar-refractivity contribution in [2.75, 3.05) is 24.6 Å². The van der Waals surface area contributed by atoms with Crippen molar-refractivity contribution in [2.45, 2.75) is 12.3 Å². The number of nitrogens with zero attached hydrogens (tertiary/aromatic N) is 2. The lowest BCUT2D eigenvalue weighted by Gasteiger charge is -2.15. The minimum atomic E-state index is -0.263. The second-order valence-corrected chi connectivity index (χ2v) is 9.65. The van der Waals surface area contributed by atoms with Crippen LogP contribution >= 0.6 is 31.9 Å². The van der Waals surface area contributed by atoms with Gasteiger partial charge in [0.2, 0.25) is 0 Å². The van der Waals surface area contributed by atoms with Crippen LogP contribution in [0.25, 0.3) is 6.08 Å². The maximum Gasteiger partial charge on any atom is 0.267 e. The normalized spacial score (nSPS) is 12.2. The standard InChI is InChI=1S/C22H24Br2N10O2/c23-11-6-15(29-8-11)19(35)27-4-1-2-14-18(34-22(26)32-14)13(17-10-31-21(25)33-17)3-5-28-20(36)16-7-12(24)9-30-16/h1-2,6-10,13,29-30H,3-5H2,(H,27,35)(H,28,36)(H3,25,31,33)(H3,26,32,34)/t13-/m0/s1. The highest BCUT2D eigenvalue weighted by atomic mass is 79.9. The summed E-state index contributed by atoms with van der Waals surface area (Å²) < 4.78 is 1.59. The van der Waals surface area contributed by atoms with Gasteiger partial charge in [0, 0.05) is 46.0 Å². The van der Waals surface area contributed by atoms with Crippen LogP contribution < -0.4 is 22.1 Å². The second-order valence-electron chi connectivity index (χ2n) is 7.82. The number of rotatable bonds is 10. The molecule has 0 fully saturated rings. The third kappa shape index (κ3) is 6.26. The molecule has 0 saturated heterocycles. The molecule has 4 rings (SSSR count). The summed E-state index contributed by atoms with van der Waals surface area (Å²) in [7, 11) is 0. The number of carbonyl (C=O) groups excluding carboxylic acids is 2. The third-order valence-corrected chi connectivity index (χ3v) is 6.19. The van der Waals surface area contributed by atoms with Gasteiger partial charge >= 0.3 is 0 Å². The molecule has 0 bridgehead atoms. The average molecular weight is 620 g/mol. The van der Waals surface area contributed by atoms with Crippen molar-refractivity contribution in [3.05, 3.63) is 74.2 Å². The van der Waals surface area contributed by atoms with Crippen LogP contribution in [0.2, 0.25) is 0 Å². The Balaban J connectivity index is 1.45. The number of carbonyl (C=O) groups is 2. The Bertz CT molecular complexity index is 1380. The van der Waals surface area contributed by atoms with Crippen LogP contribution in [-0.4, -0.2) is 54.8 Å². The van der Waals surface area contributed by atoms with Crippen molar-refractivity contribution in [2.24, 2.45) is 0 Å². The number of anilines is 2. The first-order chi connectivity index (χ1) is 17.3. The fourth-order valence-corrected chi connectivity index (χ4v) is 4.32. The number of amides is 2. The lowest BCUT2D eigenvalue weighted by Crippen LogP contribution is -2.26. The van der Waals surface area contributed by atoms with Gasteiger partial charge in [0.05, 0.1) is 17.6 Å². The summed E-state index contributed by atoms with van der Waals surface area (Å²) in [6.07, 6.45) is 9.08. The molecule has 1 atom stereocenters. The maximum absolute atomic E-state index is 12.4. The molecule has 0 saturated carbocycles. The molecule has 0 aliphatic rings. The molecule has 12 nitrogen and oxygen atoms in total. The number of nitrogens with two attached hydrogens (primary N) is 2. The lowest BCUT2D eigenvalue weighted by molar-refractivity contribution is 0.0942. The van der Waals surface area contributed by atoms with E-state index in [4.69, 9.17) is 11.5 Å². The first-order valence-corrected chi connectivity index (χ1v) is 12.4. The van der Waals surface area contributed by atoms with E-state index in [0.717, 1.165) is 20.3 Å². The molecule has 10 N–H and O–H groups in total. The number of hydrogen-bond acceptors (Lipinski definition) is 6. The van der Waals surface area contributed by atoms with Crippen LogP contribution in [0.4, 0.5) is 11.9 Å². The predicted molar refractivity (Wildman–Crippen MR) is 143 cm³/mol. The minimum absolute atomic E-state index is 0.224. The summed E-state index contributed by atoms with van der Waals surface area (Å²) in [6, 6.07) is 3.40. The Morgan fingerprint density at radius 2 is 1.67 bits per heavy atom. The summed E-state index contributed by atoms with van der Waals surface area (Å²) >= 11 is 6.63. The van der Waals surface area contributed by atoms with Crippen molar-refractivity contribution in [3.63, 3.8) is 0 Å². The number of imidazole rings is 2. The highest BCUT2D eigenvalue weighted by Crippen LogP contribution is 2.29. The van der Waals surface area contributed by atoms with E-state index in [1.165, 1.54) is 0 Å². The predicted octanol–water partition coefficient (Wildman–Crippen LogP) is 2.87. The summed E-state index contributed by atoms with van der Waals surface area (Å²) in [5.41, 5.74) is 14.8. The maximum atomic E-state index is 12.4. The lowest BCUT2D eigenvalue weighted by atomic mass is 9.96. The zero-order valence-electron chi connectivity index (χ0n) is 18.9. The fourth-order valence-electron chi connectivity index (χ4n) is 3.64. The SMILES string of the molecule is Nc1ncc([C@H](CCNC(=O)c2cc(Br)c[nH]2)c2[nH]c(N)nc2C=CCNC(=O)c2cc(Br)c[nH]2)[nH]1. The fraction of sp³-hybridized carbons (Fsp3) is 0.182. The first kappa shape index (κ1) is 25.3. The van der Waals surface area contributed by atoms with Gasteiger partial charge in [-0.1, -0.05) is 6.08 Å². The van der Waals surface area contributed by atoms with Crippen molar-refractivity contribution < 1.29 is 9.59 Å². The van der Waals surface area contributed by atoms with Crippen molar-refractivity contribution in [1.29, 1.82) is 0 Å². The van der Waals surface area contributed by atoms with Crippen LogP contribution in [0.3, 0.4) is 0 Å². The number of aromatic nitrogens is 6. The number of nitrogen functional groups attached to an aromatic ring is 2. The van der Waals surface area contributed by atoms with Gasteiger partial charge in [-0.2, -0.15) is 0 Å². The molecule has 4 heterocycles. The highest BCUT2D eigenvalue weighted by molar-refractivity contribution is 9.10. The monoisotopic (exact) mass is 618 g/mol. The molecule has 4 aromatic rings. The van der Waals surface area contributed by atoms with Crippen LogP contribution in [0, 0.1) is 0 Å². The Hall–Kier alpha value is -3.78. The first-order valence-electron chi connectivity index (χ1n) is 10.9. The van der Waals surface area contributed by atoms with Crippen LogP contribution in [0.15, 0.2) is 45.7 Å². The molecule has 4 aromatic heterocycles. The summed E-state index contributed by atoms with van der Waals surface area (Å²) in [4.78, 5) is 45.1. The summed E-state index contributed by atoms with van der Waals surface area (Å²) in [5.74, 6) is -0.206. The number of aromatic amines is 4. The van der Waals surface area contributed by atoms with Gasteiger partial charge in [-0.15, -0.1) is 0 Å². The molecule has 0 unspecified atom stereocenters. The molecule has 36 heavy (non-hydrogen) atoms. The van der Waals surface area contributed by atoms with E-state index in [-0.39, 0.29) is 36.2 Å². The van der Waals surface area contributed by atoms with E-state index in [2.05, 4.69) is 72.4 Å². The number of H-pyrrole nitrogens is 4. The number of halogens is 2. The molecule has 0 aromatic carbocycles. The van der Waals surface area contributed by atoms with Crippen molar-refractivity contribution in [1.82, 2.24) is 40.5 Å². The molecule has 2 amide bonds. The van der Waals surface area contributed by atoms with Gasteiger partial charge < -0.3 is 42.0 Å². The van der Waals surface area contributed by atoms with Gasteiger partial charge in [0.1, 0.15) is 11.4 Å². The quantitative estimate of drug-likeness (QED) is 0.134. The smallest absolute Gasteiger partial charge is 0.267 e. The Morgan fingerprint density at radius 1 is 1.00 bits per heavy atom. The second kappa shape index (κ2) is 11.3. The van der Waals surface area contributed by atoms with E-state index >= 15 is 0 Å². The summed E-state index contributed by atoms with van der Waals surface area (Å²) in [6.45, 7) is 0.647.